The number of hydrogen-bond acceptors (Lipinski definition) is 7. The predicted molar refractivity (Wildman–Crippen MR) is 125 cm³/mol. The smallest absolute Gasteiger partial charge is 0.342 e. The number of piperidine rings is 1. The summed E-state index contributed by atoms with van der Waals surface area (Å²) in [7, 11) is 1.52. The highest BCUT2D eigenvalue weighted by Gasteiger charge is 2.27. The van der Waals surface area contributed by atoms with Crippen LogP contribution in [0.5, 0.6) is 11.5 Å². The number of nitrogens with zero attached hydrogens (tertiary/aromatic N) is 3. The van der Waals surface area contributed by atoms with Gasteiger partial charge in [-0.1, -0.05) is 0 Å². The van der Waals surface area contributed by atoms with Gasteiger partial charge in [-0.15, -0.1) is 0 Å². The average molecular weight is 454 g/mol. The van der Waals surface area contributed by atoms with Crippen molar-refractivity contribution in [2.24, 2.45) is 0 Å². The minimum atomic E-state index is -0.600. The van der Waals surface area contributed by atoms with Crippen molar-refractivity contribution in [3.8, 4) is 11.5 Å². The first kappa shape index (κ1) is 22.9. The molecule has 2 aromatic rings. The number of esters is 1. The highest BCUT2D eigenvalue weighted by atomic mass is 16.6. The van der Waals surface area contributed by atoms with E-state index in [1.54, 1.807) is 24.4 Å². The topological polar surface area (TPSA) is 81.2 Å². The zero-order valence-corrected chi connectivity index (χ0v) is 19.7. The van der Waals surface area contributed by atoms with E-state index in [0.717, 1.165) is 31.6 Å². The van der Waals surface area contributed by atoms with E-state index in [2.05, 4.69) is 4.98 Å². The maximum atomic E-state index is 12.9. The number of likely N-dealkylation sites (tertiary alicyclic amines) is 1. The highest BCUT2D eigenvalue weighted by molar-refractivity contribution is 5.95. The van der Waals surface area contributed by atoms with Crippen LogP contribution in [0.3, 0.4) is 0 Å². The number of aromatic nitrogens is 1. The summed E-state index contributed by atoms with van der Waals surface area (Å²) >= 11 is 0. The number of hydrogen-bond donors (Lipinski definition) is 0. The van der Waals surface area contributed by atoms with E-state index in [1.807, 2.05) is 36.6 Å². The lowest BCUT2D eigenvalue weighted by atomic mass is 10.1. The molecule has 3 heterocycles. The van der Waals surface area contributed by atoms with E-state index in [-0.39, 0.29) is 5.91 Å². The molecular formula is C25H31N3O5. The largest absolute Gasteiger partial charge is 0.496 e. The van der Waals surface area contributed by atoms with Gasteiger partial charge in [-0.3, -0.25) is 4.79 Å². The Hall–Kier alpha value is -3.29. The number of fused-ring (bicyclic) bond motifs is 1. The Kier molecular flexibility index (Phi) is 6.44. The van der Waals surface area contributed by atoms with Crippen molar-refractivity contribution in [3.05, 3.63) is 41.6 Å². The maximum absolute atomic E-state index is 12.9. The molecular weight excluding hydrogens is 422 g/mol. The summed E-state index contributed by atoms with van der Waals surface area (Å²) in [5, 5.41) is 0. The number of methoxy groups -OCH3 is 1. The quantitative estimate of drug-likeness (QED) is 0.642. The molecule has 33 heavy (non-hydrogen) atoms. The summed E-state index contributed by atoms with van der Waals surface area (Å²) in [6.07, 6.45) is 4.86. The lowest BCUT2D eigenvalue weighted by Crippen LogP contribution is -2.36. The zero-order chi connectivity index (χ0) is 23.6. The molecule has 8 heteroatoms. The van der Waals surface area contributed by atoms with E-state index in [1.165, 1.54) is 13.5 Å². The number of carbonyl (C=O) groups excluding carboxylic acids is 2. The normalized spacial score (nSPS) is 16.0. The monoisotopic (exact) mass is 453 g/mol. The van der Waals surface area contributed by atoms with Gasteiger partial charge in [0.15, 0.2) is 11.6 Å². The molecule has 0 saturated carbocycles. The number of ether oxygens (including phenoxy) is 3. The van der Waals surface area contributed by atoms with Crippen molar-refractivity contribution in [2.75, 3.05) is 38.3 Å². The molecule has 0 aliphatic carbocycles. The summed E-state index contributed by atoms with van der Waals surface area (Å²) in [5.74, 6) is 1.18. The number of pyridine rings is 1. The van der Waals surface area contributed by atoms with Crippen LogP contribution in [0.15, 0.2) is 30.5 Å². The first-order chi connectivity index (χ1) is 15.8. The van der Waals surface area contributed by atoms with Gasteiger partial charge in [0.1, 0.15) is 23.5 Å². The van der Waals surface area contributed by atoms with Gasteiger partial charge in [0.25, 0.3) is 5.91 Å². The Morgan fingerprint density at radius 3 is 2.52 bits per heavy atom. The molecule has 0 spiro atoms. The molecule has 0 atom stereocenters. The molecule has 2 aliphatic heterocycles. The second-order valence-electron chi connectivity index (χ2n) is 9.29. The van der Waals surface area contributed by atoms with Crippen LogP contribution in [0.4, 0.5) is 11.5 Å². The summed E-state index contributed by atoms with van der Waals surface area (Å²) in [6.45, 7) is 8.07. The van der Waals surface area contributed by atoms with Gasteiger partial charge in [-0.25, -0.2) is 9.78 Å². The second kappa shape index (κ2) is 9.29. The lowest BCUT2D eigenvalue weighted by molar-refractivity contribution is 0.00664. The van der Waals surface area contributed by atoms with Crippen LogP contribution < -0.4 is 14.4 Å². The van der Waals surface area contributed by atoms with Gasteiger partial charge in [-0.2, -0.15) is 0 Å². The summed E-state index contributed by atoms with van der Waals surface area (Å²) in [5.41, 5.74) is 1.11. The number of rotatable bonds is 4. The third kappa shape index (κ3) is 5.05. The van der Waals surface area contributed by atoms with Crippen LogP contribution >= 0.6 is 0 Å². The lowest BCUT2D eigenvalue weighted by Gasteiger charge is -2.31. The fourth-order valence-electron chi connectivity index (χ4n) is 4.10. The number of anilines is 2. The van der Waals surface area contributed by atoms with Crippen molar-refractivity contribution < 1.29 is 23.8 Å². The van der Waals surface area contributed by atoms with Crippen LogP contribution in [-0.2, 0) is 4.74 Å². The summed E-state index contributed by atoms with van der Waals surface area (Å²) < 4.78 is 16.8. The van der Waals surface area contributed by atoms with Crippen LogP contribution in [0.25, 0.3) is 0 Å². The second-order valence-corrected chi connectivity index (χ2v) is 9.29. The first-order valence-electron chi connectivity index (χ1n) is 11.4. The van der Waals surface area contributed by atoms with E-state index >= 15 is 0 Å². The number of amides is 1. The third-order valence-electron chi connectivity index (χ3n) is 5.67. The molecule has 2 aliphatic rings. The van der Waals surface area contributed by atoms with E-state index in [9.17, 15) is 9.59 Å². The van der Waals surface area contributed by atoms with Gasteiger partial charge in [0.05, 0.1) is 19.2 Å². The van der Waals surface area contributed by atoms with E-state index in [4.69, 9.17) is 14.2 Å². The highest BCUT2D eigenvalue weighted by Crippen LogP contribution is 2.37. The van der Waals surface area contributed by atoms with Crippen molar-refractivity contribution in [1.29, 1.82) is 0 Å². The van der Waals surface area contributed by atoms with Gasteiger partial charge in [-0.05, 0) is 58.2 Å². The molecule has 4 rings (SSSR count). The van der Waals surface area contributed by atoms with E-state index < -0.39 is 11.6 Å². The Labute approximate surface area is 194 Å². The Morgan fingerprint density at radius 2 is 1.82 bits per heavy atom. The van der Waals surface area contributed by atoms with Crippen molar-refractivity contribution >= 4 is 23.4 Å². The van der Waals surface area contributed by atoms with Crippen LogP contribution in [0.1, 0.15) is 60.7 Å². The first-order valence-corrected chi connectivity index (χ1v) is 11.4. The SMILES string of the molecule is COc1cc(N2CCOc3cc(C(=O)N4CCCCC4)cnc32)ccc1C(=O)OC(C)(C)C. The maximum Gasteiger partial charge on any atom is 0.342 e. The number of carbonyl (C=O) groups is 2. The molecule has 1 aromatic carbocycles. The van der Waals surface area contributed by atoms with Crippen molar-refractivity contribution in [1.82, 2.24) is 9.88 Å². The standard InChI is InChI=1S/C25H31N3O5/c1-25(2,3)33-24(30)19-9-8-18(15-20(19)31-4)28-12-13-32-21-14-17(16-26-22(21)28)23(29)27-10-6-5-7-11-27/h8-9,14-16H,5-7,10-13H2,1-4H3. The fourth-order valence-corrected chi connectivity index (χ4v) is 4.10. The molecule has 1 fully saturated rings. The molecule has 0 radical (unpaired) electrons. The zero-order valence-electron chi connectivity index (χ0n) is 19.7. The molecule has 1 saturated heterocycles. The van der Waals surface area contributed by atoms with Gasteiger partial charge >= 0.3 is 5.97 Å². The Morgan fingerprint density at radius 1 is 1.06 bits per heavy atom. The molecule has 0 unspecified atom stereocenters. The van der Waals surface area contributed by atoms with Crippen molar-refractivity contribution in [3.63, 3.8) is 0 Å². The minimum absolute atomic E-state index is 0.00546. The van der Waals surface area contributed by atoms with Gasteiger partial charge < -0.3 is 24.0 Å². The van der Waals surface area contributed by atoms with Crippen LogP contribution in [0.2, 0.25) is 0 Å². The molecule has 1 aromatic heterocycles. The van der Waals surface area contributed by atoms with Crippen LogP contribution in [0, 0.1) is 0 Å². The minimum Gasteiger partial charge on any atom is -0.496 e. The van der Waals surface area contributed by atoms with Gasteiger partial charge in [0, 0.05) is 31.0 Å². The fraction of sp³-hybridized carbons (Fsp3) is 0.480. The summed E-state index contributed by atoms with van der Waals surface area (Å²) in [6, 6.07) is 7.11. The third-order valence-corrected chi connectivity index (χ3v) is 5.67. The molecule has 0 bridgehead atoms. The average Bonchev–Trinajstić information content (AvgIpc) is 2.81. The Bertz CT molecular complexity index is 1040. The molecule has 1 amide bonds. The number of benzene rings is 1. The van der Waals surface area contributed by atoms with Crippen molar-refractivity contribution in [2.45, 2.75) is 45.6 Å². The predicted octanol–water partition coefficient (Wildman–Crippen LogP) is 4.20. The summed E-state index contributed by atoms with van der Waals surface area (Å²) in [4.78, 5) is 33.9. The Balaban J connectivity index is 1.60. The van der Waals surface area contributed by atoms with Crippen LogP contribution in [-0.4, -0.2) is 60.7 Å². The van der Waals surface area contributed by atoms with Gasteiger partial charge in [0.2, 0.25) is 0 Å². The van der Waals surface area contributed by atoms with E-state index in [0.29, 0.717) is 41.6 Å². The molecule has 176 valence electrons. The molecule has 8 nitrogen and oxygen atoms in total. The molecule has 0 N–H and O–H groups in total.